The van der Waals surface area contributed by atoms with Gasteiger partial charge in [-0.05, 0) is 71.1 Å². The topological polar surface area (TPSA) is 153 Å². The van der Waals surface area contributed by atoms with E-state index < -0.39 is 42.3 Å². The van der Waals surface area contributed by atoms with Crippen molar-refractivity contribution in [3.63, 3.8) is 0 Å². The number of likely N-dealkylation sites (tertiary alicyclic amines) is 1. The highest BCUT2D eigenvalue weighted by molar-refractivity contribution is 5.91. The normalized spacial score (nSPS) is 18.5. The van der Waals surface area contributed by atoms with Crippen molar-refractivity contribution in [2.75, 3.05) is 62.0 Å². The minimum atomic E-state index is -0.801. The molecule has 5 amide bonds. The fraction of sp³-hybridized carbons (Fsp3) is 0.761. The van der Waals surface area contributed by atoms with Crippen molar-refractivity contribution in [2.45, 2.75) is 143 Å². The summed E-state index contributed by atoms with van der Waals surface area (Å²) in [5.41, 5.74) is 0.920. The summed E-state index contributed by atoms with van der Waals surface area (Å²) in [7, 11) is 10.6. The predicted octanol–water partition coefficient (Wildman–Crippen LogP) is 3.82. The molecule has 1 aromatic rings. The average molecular weight is 844 g/mol. The summed E-state index contributed by atoms with van der Waals surface area (Å²) in [4.78, 5) is 77.4. The molecule has 4 unspecified atom stereocenters. The van der Waals surface area contributed by atoms with Gasteiger partial charge in [0.15, 0.2) is 0 Å². The van der Waals surface area contributed by atoms with Crippen molar-refractivity contribution in [3.05, 3.63) is 35.9 Å². The van der Waals surface area contributed by atoms with E-state index in [1.54, 1.807) is 38.0 Å². The number of nitrogens with one attached hydrogen (secondary N) is 3. The summed E-state index contributed by atoms with van der Waals surface area (Å²) in [5, 5.41) is 9.06. The zero-order valence-corrected chi connectivity index (χ0v) is 39.6. The van der Waals surface area contributed by atoms with Crippen LogP contribution in [0.2, 0.25) is 0 Å². The highest BCUT2D eigenvalue weighted by Gasteiger charge is 2.43. The van der Waals surface area contributed by atoms with E-state index in [2.05, 4.69) is 16.0 Å². The van der Waals surface area contributed by atoms with Crippen LogP contribution in [0.5, 0.6) is 0 Å². The number of rotatable bonds is 25. The van der Waals surface area contributed by atoms with Crippen molar-refractivity contribution in [1.29, 1.82) is 0 Å². The number of carbonyl (C=O) groups excluding carboxylic acids is 5. The summed E-state index contributed by atoms with van der Waals surface area (Å²) in [5.74, 6) is -2.06. The van der Waals surface area contributed by atoms with E-state index in [1.165, 1.54) is 0 Å². The number of likely N-dealkylation sites (N-methyl/N-ethyl adjacent to an activating group) is 3. The molecule has 1 aromatic carbocycles. The van der Waals surface area contributed by atoms with Gasteiger partial charge in [0.05, 0.1) is 42.7 Å². The fourth-order valence-electron chi connectivity index (χ4n) is 8.45. The Morgan fingerprint density at radius 2 is 1.47 bits per heavy atom. The van der Waals surface area contributed by atoms with Gasteiger partial charge in [0.25, 0.3) is 0 Å². The van der Waals surface area contributed by atoms with E-state index in [0.29, 0.717) is 32.5 Å². The first-order valence-electron chi connectivity index (χ1n) is 22.1. The molecule has 1 heterocycles. The summed E-state index contributed by atoms with van der Waals surface area (Å²) in [6, 6.07) is 6.86. The Balaban J connectivity index is 2.31. The van der Waals surface area contributed by atoms with E-state index in [9.17, 15) is 24.0 Å². The molecule has 1 fully saturated rings. The number of nitrogens with zero attached hydrogens (tertiary/aromatic N) is 4. The molecule has 1 aliphatic heterocycles. The Morgan fingerprint density at radius 3 is 1.98 bits per heavy atom. The van der Waals surface area contributed by atoms with Crippen molar-refractivity contribution in [3.8, 4) is 0 Å². The molecule has 0 aliphatic carbocycles. The molecule has 0 aromatic heterocycles. The monoisotopic (exact) mass is 844 g/mol. The molecule has 9 atom stereocenters. The first-order valence-corrected chi connectivity index (χ1v) is 22.1. The fourth-order valence-corrected chi connectivity index (χ4v) is 8.45. The van der Waals surface area contributed by atoms with E-state index >= 15 is 0 Å². The number of benzene rings is 1. The maximum Gasteiger partial charge on any atom is 0.245 e. The second-order valence-electron chi connectivity index (χ2n) is 18.1. The third-order valence-electron chi connectivity index (χ3n) is 12.4. The van der Waals surface area contributed by atoms with E-state index in [0.717, 1.165) is 18.4 Å². The molecule has 2 rings (SSSR count). The van der Waals surface area contributed by atoms with E-state index in [4.69, 9.17) is 9.47 Å². The van der Waals surface area contributed by atoms with Crippen LogP contribution in [0.25, 0.3) is 0 Å². The summed E-state index contributed by atoms with van der Waals surface area (Å²) in [6.45, 7) is 19.4. The highest BCUT2D eigenvalue weighted by Crippen LogP contribution is 2.30. The third-order valence-corrected chi connectivity index (χ3v) is 12.4. The van der Waals surface area contributed by atoms with Crippen LogP contribution in [0, 0.1) is 23.7 Å². The highest BCUT2D eigenvalue weighted by atomic mass is 16.5. The molecular weight excluding hydrogens is 763 g/mol. The van der Waals surface area contributed by atoms with Crippen LogP contribution in [0.3, 0.4) is 0 Å². The lowest BCUT2D eigenvalue weighted by molar-refractivity contribution is -0.148. The maximum atomic E-state index is 14.4. The van der Waals surface area contributed by atoms with E-state index in [1.807, 2.05) is 117 Å². The van der Waals surface area contributed by atoms with Crippen LogP contribution in [-0.4, -0.2) is 160 Å². The number of ether oxygens (including phenoxy) is 2. The quantitative estimate of drug-likeness (QED) is 0.134. The van der Waals surface area contributed by atoms with Crippen molar-refractivity contribution >= 4 is 29.5 Å². The van der Waals surface area contributed by atoms with Crippen molar-refractivity contribution in [2.24, 2.45) is 23.7 Å². The van der Waals surface area contributed by atoms with Gasteiger partial charge in [-0.2, -0.15) is 0 Å². The van der Waals surface area contributed by atoms with Crippen LogP contribution in [0.4, 0.5) is 0 Å². The number of amides is 5. The van der Waals surface area contributed by atoms with Crippen LogP contribution >= 0.6 is 0 Å². The molecule has 342 valence electrons. The van der Waals surface area contributed by atoms with Crippen LogP contribution in [-0.2, 0) is 39.9 Å². The Morgan fingerprint density at radius 1 is 0.833 bits per heavy atom. The standard InChI is InChI=1S/C46H81N7O7/c1-16-32(8)41(52(13)46(58)39(29(2)3)49-45(57)40(30(4)5)51(12)31(6)7)37(59-14)28-38(54)53-25-20-23-36(53)42(60-15)33(9)43(55)48-35(27-34-21-18-17-19-22-34)44(56)47-24-26-50(10)11/h17-19,21-22,29-33,35-37,39-42H,16,20,23-28H2,1-15H3,(H,47,56)(H,48,55)(H,49,57)/t32?,33?,35-,36?,37+,39-,40-,41-,42?/m0/s1. The smallest absolute Gasteiger partial charge is 0.245 e. The molecule has 14 nitrogen and oxygen atoms in total. The lowest BCUT2D eigenvalue weighted by Gasteiger charge is -2.41. The molecule has 3 N–H and O–H groups in total. The zero-order chi connectivity index (χ0) is 45.4. The SMILES string of the molecule is CCC(C)[C@@H]([C@@H](CC(=O)N1CCCC1C(OC)C(C)C(=O)N[C@@H](Cc1ccccc1)C(=O)NCCN(C)C)OC)N(C)C(=O)[C@@H](NC(=O)[C@H](C(C)C)N(C)C(C)C)C(C)C. The zero-order valence-electron chi connectivity index (χ0n) is 39.6. The molecular formula is C46H81N7O7. The second-order valence-corrected chi connectivity index (χ2v) is 18.1. The van der Waals surface area contributed by atoms with Gasteiger partial charge in [0, 0.05) is 53.4 Å². The van der Waals surface area contributed by atoms with Gasteiger partial charge < -0.3 is 40.1 Å². The minimum Gasteiger partial charge on any atom is -0.379 e. The third kappa shape index (κ3) is 14.8. The summed E-state index contributed by atoms with van der Waals surface area (Å²) < 4.78 is 12.1. The van der Waals surface area contributed by atoms with Crippen molar-refractivity contribution < 1.29 is 33.4 Å². The Hall–Kier alpha value is -3.59. The van der Waals surface area contributed by atoms with Gasteiger partial charge in [-0.25, -0.2) is 0 Å². The predicted molar refractivity (Wildman–Crippen MR) is 238 cm³/mol. The van der Waals surface area contributed by atoms with Gasteiger partial charge in [-0.15, -0.1) is 0 Å². The van der Waals surface area contributed by atoms with Crippen molar-refractivity contribution in [1.82, 2.24) is 35.6 Å². The molecule has 0 radical (unpaired) electrons. The molecule has 0 bridgehead atoms. The largest absolute Gasteiger partial charge is 0.379 e. The van der Waals surface area contributed by atoms with Gasteiger partial charge in [0.2, 0.25) is 29.5 Å². The molecule has 0 saturated carbocycles. The van der Waals surface area contributed by atoms with Gasteiger partial charge in [-0.1, -0.05) is 85.2 Å². The van der Waals surface area contributed by atoms with E-state index in [-0.39, 0.29) is 65.8 Å². The van der Waals surface area contributed by atoms with Gasteiger partial charge in [0.1, 0.15) is 12.1 Å². The number of carbonyl (C=O) groups is 5. The number of hydrogen-bond donors (Lipinski definition) is 3. The molecule has 1 aliphatic rings. The summed E-state index contributed by atoms with van der Waals surface area (Å²) >= 11 is 0. The Kier molecular flexibility index (Phi) is 22.2. The summed E-state index contributed by atoms with van der Waals surface area (Å²) in [6.07, 6.45) is 1.16. The lowest BCUT2D eigenvalue weighted by Crippen LogP contribution is -2.60. The first kappa shape index (κ1) is 52.5. The van der Waals surface area contributed by atoms with Gasteiger partial charge in [-0.3, -0.25) is 28.9 Å². The first-order chi connectivity index (χ1) is 28.2. The maximum absolute atomic E-state index is 14.4. The molecule has 1 saturated heterocycles. The second kappa shape index (κ2) is 25.4. The minimum absolute atomic E-state index is 0.0101. The molecule has 60 heavy (non-hydrogen) atoms. The lowest BCUT2D eigenvalue weighted by atomic mass is 9.89. The van der Waals surface area contributed by atoms with Crippen LogP contribution in [0.1, 0.15) is 93.6 Å². The molecule has 0 spiro atoms. The average Bonchev–Trinajstić information content (AvgIpc) is 3.68. The number of methoxy groups -OCH3 is 2. The van der Waals surface area contributed by atoms with Crippen LogP contribution < -0.4 is 16.0 Å². The number of hydrogen-bond acceptors (Lipinski definition) is 9. The Bertz CT molecular complexity index is 1490. The van der Waals surface area contributed by atoms with Crippen LogP contribution in [0.15, 0.2) is 30.3 Å². The molecule has 14 heteroatoms. The van der Waals surface area contributed by atoms with Gasteiger partial charge >= 0.3 is 0 Å². The Labute approximate surface area is 362 Å².